The lowest BCUT2D eigenvalue weighted by Gasteiger charge is -2.38. The predicted molar refractivity (Wildman–Crippen MR) is 154 cm³/mol. The van der Waals surface area contributed by atoms with Crippen molar-refractivity contribution < 1.29 is 14.6 Å². The van der Waals surface area contributed by atoms with Crippen LogP contribution in [0, 0.1) is 5.92 Å². The molecule has 0 spiro atoms. The maximum atomic E-state index is 12.0. The SMILES string of the molecule is COc1ccc2[nH]c(Nc3cc(-c4ccccc4C(=O)O)ccc3N(CC(C)C)C3CCCCC3)nc2c1. The van der Waals surface area contributed by atoms with E-state index in [9.17, 15) is 9.90 Å². The number of aromatic carboxylic acids is 1. The van der Waals surface area contributed by atoms with Gasteiger partial charge in [0.2, 0.25) is 5.95 Å². The van der Waals surface area contributed by atoms with Gasteiger partial charge in [-0.3, -0.25) is 0 Å². The molecule has 7 heteroatoms. The number of hydrogen-bond donors (Lipinski definition) is 3. The Balaban J connectivity index is 1.61. The topological polar surface area (TPSA) is 90.5 Å². The van der Waals surface area contributed by atoms with Crippen molar-refractivity contribution in [2.75, 3.05) is 23.9 Å². The second-order valence-corrected chi connectivity index (χ2v) is 10.5. The number of aromatic amines is 1. The van der Waals surface area contributed by atoms with Crippen molar-refractivity contribution in [2.45, 2.75) is 52.0 Å². The second kappa shape index (κ2) is 11.2. The second-order valence-electron chi connectivity index (χ2n) is 10.5. The number of rotatable bonds is 9. The fraction of sp³-hybridized carbons (Fsp3) is 0.355. The Kier molecular flexibility index (Phi) is 7.54. The van der Waals surface area contributed by atoms with Crippen LogP contribution in [0.5, 0.6) is 5.75 Å². The molecule has 7 nitrogen and oxygen atoms in total. The normalized spacial score (nSPS) is 14.1. The first-order valence-electron chi connectivity index (χ1n) is 13.5. The first-order chi connectivity index (χ1) is 18.4. The van der Waals surface area contributed by atoms with E-state index in [1.807, 2.05) is 36.4 Å². The number of nitrogens with zero attached hydrogens (tertiary/aromatic N) is 2. The zero-order chi connectivity index (χ0) is 26.6. The number of imidazole rings is 1. The lowest BCUT2D eigenvalue weighted by atomic mass is 9.92. The predicted octanol–water partition coefficient (Wildman–Crippen LogP) is 7.48. The average molecular weight is 513 g/mol. The van der Waals surface area contributed by atoms with E-state index in [-0.39, 0.29) is 5.56 Å². The molecular formula is C31H36N4O3. The van der Waals surface area contributed by atoms with Gasteiger partial charge in [-0.15, -0.1) is 0 Å². The van der Waals surface area contributed by atoms with Crippen LogP contribution in [0.25, 0.3) is 22.2 Å². The highest BCUT2D eigenvalue weighted by Crippen LogP contribution is 2.38. The number of nitrogens with one attached hydrogen (secondary N) is 2. The first kappa shape index (κ1) is 25.6. The minimum atomic E-state index is -0.936. The van der Waals surface area contributed by atoms with Crippen molar-refractivity contribution in [2.24, 2.45) is 5.92 Å². The van der Waals surface area contributed by atoms with Gasteiger partial charge in [0.05, 0.1) is 35.1 Å². The van der Waals surface area contributed by atoms with Crippen LogP contribution in [0.15, 0.2) is 60.7 Å². The molecule has 0 atom stereocenters. The molecule has 198 valence electrons. The van der Waals surface area contributed by atoms with Crippen LogP contribution in [-0.2, 0) is 0 Å². The molecule has 38 heavy (non-hydrogen) atoms. The molecule has 0 saturated heterocycles. The third-order valence-electron chi connectivity index (χ3n) is 7.30. The van der Waals surface area contributed by atoms with Crippen molar-refractivity contribution in [3.05, 3.63) is 66.2 Å². The summed E-state index contributed by atoms with van der Waals surface area (Å²) in [6.07, 6.45) is 6.15. The van der Waals surface area contributed by atoms with E-state index in [0.717, 1.165) is 40.3 Å². The van der Waals surface area contributed by atoms with E-state index in [0.29, 0.717) is 23.5 Å². The summed E-state index contributed by atoms with van der Waals surface area (Å²) in [4.78, 5) is 22.7. The third-order valence-corrected chi connectivity index (χ3v) is 7.30. The lowest BCUT2D eigenvalue weighted by Crippen LogP contribution is -2.39. The van der Waals surface area contributed by atoms with Gasteiger partial charge in [-0.1, -0.05) is 57.4 Å². The maximum Gasteiger partial charge on any atom is 0.336 e. The first-order valence-corrected chi connectivity index (χ1v) is 13.5. The van der Waals surface area contributed by atoms with Gasteiger partial charge >= 0.3 is 5.97 Å². The number of anilines is 3. The Bertz CT molecular complexity index is 1420. The number of carboxylic acids is 1. The van der Waals surface area contributed by atoms with E-state index < -0.39 is 5.97 Å². The van der Waals surface area contributed by atoms with Crippen molar-refractivity contribution in [3.63, 3.8) is 0 Å². The van der Waals surface area contributed by atoms with E-state index in [2.05, 4.69) is 41.2 Å². The molecule has 3 aromatic carbocycles. The molecule has 1 aromatic heterocycles. The highest BCUT2D eigenvalue weighted by Gasteiger charge is 2.25. The van der Waals surface area contributed by atoms with Crippen LogP contribution < -0.4 is 15.0 Å². The van der Waals surface area contributed by atoms with Gasteiger partial charge in [0.1, 0.15) is 5.75 Å². The number of hydrogen-bond acceptors (Lipinski definition) is 5. The molecular weight excluding hydrogens is 476 g/mol. The standard InChI is InChI=1S/C31H36N4O3/c1-20(2)19-35(22-9-5-4-6-10-22)29-16-13-21(24-11-7-8-12-25(24)30(36)37)17-28(29)34-31-32-26-15-14-23(38-3)18-27(26)33-31/h7-8,11-18,20,22H,4-6,9-10,19H2,1-3H3,(H,36,37)(H2,32,33,34). The molecule has 5 rings (SSSR count). The zero-order valence-electron chi connectivity index (χ0n) is 22.3. The molecule has 1 saturated carbocycles. The van der Waals surface area contributed by atoms with Gasteiger partial charge in [0, 0.05) is 18.7 Å². The Hall–Kier alpha value is -4.00. The number of carboxylic acid groups (broad SMARTS) is 1. The Morgan fingerprint density at radius 3 is 2.63 bits per heavy atom. The van der Waals surface area contributed by atoms with Gasteiger partial charge in [-0.2, -0.15) is 0 Å². The summed E-state index contributed by atoms with van der Waals surface area (Å²) < 4.78 is 5.37. The highest BCUT2D eigenvalue weighted by atomic mass is 16.5. The van der Waals surface area contributed by atoms with Gasteiger partial charge in [-0.25, -0.2) is 9.78 Å². The molecule has 0 radical (unpaired) electrons. The molecule has 1 fully saturated rings. The van der Waals surface area contributed by atoms with E-state index in [1.165, 1.54) is 32.1 Å². The summed E-state index contributed by atoms with van der Waals surface area (Å²) in [6, 6.07) is 19.6. The van der Waals surface area contributed by atoms with Gasteiger partial charge < -0.3 is 25.0 Å². The molecule has 0 bridgehead atoms. The molecule has 0 unspecified atom stereocenters. The van der Waals surface area contributed by atoms with Crippen LogP contribution in [0.4, 0.5) is 17.3 Å². The van der Waals surface area contributed by atoms with Crippen LogP contribution in [0.1, 0.15) is 56.3 Å². The van der Waals surface area contributed by atoms with E-state index in [1.54, 1.807) is 19.2 Å². The van der Waals surface area contributed by atoms with Gasteiger partial charge in [-0.05, 0) is 60.2 Å². The summed E-state index contributed by atoms with van der Waals surface area (Å²) in [6.45, 7) is 5.46. The molecule has 1 aliphatic rings. The Morgan fingerprint density at radius 1 is 1.11 bits per heavy atom. The van der Waals surface area contributed by atoms with Crippen LogP contribution in [0.3, 0.4) is 0 Å². The lowest BCUT2D eigenvalue weighted by molar-refractivity contribution is 0.0697. The summed E-state index contributed by atoms with van der Waals surface area (Å²) >= 11 is 0. The molecule has 0 amide bonds. The zero-order valence-corrected chi connectivity index (χ0v) is 22.3. The Morgan fingerprint density at radius 2 is 1.89 bits per heavy atom. The van der Waals surface area contributed by atoms with Crippen LogP contribution >= 0.6 is 0 Å². The van der Waals surface area contributed by atoms with Crippen LogP contribution in [-0.4, -0.2) is 40.7 Å². The number of methoxy groups -OCH3 is 1. The molecule has 1 aliphatic carbocycles. The van der Waals surface area contributed by atoms with E-state index in [4.69, 9.17) is 9.72 Å². The number of aromatic nitrogens is 2. The number of carbonyl (C=O) groups is 1. The minimum Gasteiger partial charge on any atom is -0.497 e. The summed E-state index contributed by atoms with van der Waals surface area (Å²) in [5.41, 5.74) is 5.56. The fourth-order valence-electron chi connectivity index (χ4n) is 5.51. The molecule has 1 heterocycles. The van der Waals surface area contributed by atoms with Crippen molar-refractivity contribution in [3.8, 4) is 16.9 Å². The molecule has 3 N–H and O–H groups in total. The molecule has 0 aliphatic heterocycles. The Labute approximate surface area is 223 Å². The number of benzene rings is 3. The number of fused-ring (bicyclic) bond motifs is 1. The number of H-pyrrole nitrogens is 1. The highest BCUT2D eigenvalue weighted by molar-refractivity contribution is 5.97. The van der Waals surface area contributed by atoms with Crippen molar-refractivity contribution in [1.82, 2.24) is 9.97 Å². The summed E-state index contributed by atoms with van der Waals surface area (Å²) in [5.74, 6) is 0.945. The van der Waals surface area contributed by atoms with Crippen LogP contribution in [0.2, 0.25) is 0 Å². The summed E-state index contributed by atoms with van der Waals surface area (Å²) in [5, 5.41) is 13.4. The largest absolute Gasteiger partial charge is 0.497 e. The average Bonchev–Trinajstić information content (AvgIpc) is 3.33. The summed E-state index contributed by atoms with van der Waals surface area (Å²) in [7, 11) is 1.65. The quantitative estimate of drug-likeness (QED) is 0.215. The van der Waals surface area contributed by atoms with Crippen molar-refractivity contribution >= 4 is 34.3 Å². The molecule has 4 aromatic rings. The van der Waals surface area contributed by atoms with E-state index >= 15 is 0 Å². The van der Waals surface area contributed by atoms with Gasteiger partial charge in [0.25, 0.3) is 0 Å². The maximum absolute atomic E-state index is 12.0. The number of ether oxygens (including phenoxy) is 1. The third kappa shape index (κ3) is 5.47. The van der Waals surface area contributed by atoms with Gasteiger partial charge in [0.15, 0.2) is 0 Å². The smallest absolute Gasteiger partial charge is 0.336 e. The van der Waals surface area contributed by atoms with Crippen molar-refractivity contribution in [1.29, 1.82) is 0 Å². The minimum absolute atomic E-state index is 0.286. The monoisotopic (exact) mass is 512 g/mol. The fourth-order valence-corrected chi connectivity index (χ4v) is 5.51.